The molecule has 0 nitrogen and oxygen atoms in total. The molecule has 2 heteroatoms. The molecule has 0 aromatic heterocycles. The van der Waals surface area contributed by atoms with Crippen LogP contribution in [-0.4, -0.2) is 0 Å². The monoisotopic (exact) mass is 288 g/mol. The first kappa shape index (κ1) is 10.0. The molecule has 12 heavy (non-hydrogen) atoms. The summed E-state index contributed by atoms with van der Waals surface area (Å²) in [5, 5.41) is 0. The predicted molar refractivity (Wildman–Crippen MR) is 60.5 cm³/mol. The number of aryl methyl sites for hydroxylation is 1. The fourth-order valence-electron chi connectivity index (χ4n) is 0.972. The second-order valence-corrected chi connectivity index (χ2v) is 4.68. The van der Waals surface area contributed by atoms with Gasteiger partial charge in [-0.3, -0.25) is 0 Å². The van der Waals surface area contributed by atoms with Gasteiger partial charge in [0.1, 0.15) is 0 Å². The normalized spacial score (nSPS) is 9.83. The molecule has 1 aromatic rings. The average molecular weight is 290 g/mol. The summed E-state index contributed by atoms with van der Waals surface area (Å²) >= 11 is 6.78. The average Bonchev–Trinajstić information content (AvgIpc) is 2.01. The third-order valence-electron chi connectivity index (χ3n) is 1.57. The molecule has 0 amide bonds. The summed E-state index contributed by atoms with van der Waals surface area (Å²) in [4.78, 5) is 0. The van der Waals surface area contributed by atoms with Gasteiger partial charge >= 0.3 is 0 Å². The fourth-order valence-corrected chi connectivity index (χ4v) is 1.62. The number of rotatable bonds is 3. The Morgan fingerprint density at radius 3 is 2.75 bits per heavy atom. The Bertz CT molecular complexity index is 279. The molecule has 0 aliphatic rings. The number of allylic oxidation sites excluding steroid dienone is 1. The number of halogens is 2. The quantitative estimate of drug-likeness (QED) is 0.779. The first-order valence-corrected chi connectivity index (χ1v) is 5.35. The van der Waals surface area contributed by atoms with Crippen LogP contribution in [0.2, 0.25) is 0 Å². The fraction of sp³-hybridized carbons (Fsp3) is 0.200. The van der Waals surface area contributed by atoms with Crippen LogP contribution in [0.3, 0.4) is 0 Å². The molecule has 1 rings (SSSR count). The lowest BCUT2D eigenvalue weighted by Gasteiger charge is -2.00. The highest BCUT2D eigenvalue weighted by molar-refractivity contribution is 9.11. The molecule has 64 valence electrons. The van der Waals surface area contributed by atoms with E-state index in [2.05, 4.69) is 56.6 Å². The van der Waals surface area contributed by atoms with Gasteiger partial charge in [0.2, 0.25) is 0 Å². The largest absolute Gasteiger partial charge is 0.0888 e. The molecule has 0 saturated heterocycles. The molecule has 0 unspecified atom stereocenters. The van der Waals surface area contributed by atoms with Crippen LogP contribution in [0.4, 0.5) is 0 Å². The van der Waals surface area contributed by atoms with Crippen molar-refractivity contribution in [2.24, 2.45) is 0 Å². The van der Waals surface area contributed by atoms with Gasteiger partial charge in [0.05, 0.1) is 0 Å². The van der Waals surface area contributed by atoms with Crippen LogP contribution in [0, 0.1) is 0 Å². The van der Waals surface area contributed by atoms with Crippen LogP contribution < -0.4 is 0 Å². The van der Waals surface area contributed by atoms with Gasteiger partial charge in [-0.2, -0.15) is 0 Å². The van der Waals surface area contributed by atoms with E-state index in [0.29, 0.717) is 0 Å². The van der Waals surface area contributed by atoms with Gasteiger partial charge in [-0.25, -0.2) is 0 Å². The van der Waals surface area contributed by atoms with Gasteiger partial charge < -0.3 is 0 Å². The van der Waals surface area contributed by atoms with Crippen molar-refractivity contribution in [3.63, 3.8) is 0 Å². The van der Waals surface area contributed by atoms with Crippen molar-refractivity contribution >= 4 is 31.9 Å². The molecule has 0 heterocycles. The van der Waals surface area contributed by atoms with Crippen LogP contribution in [0.5, 0.6) is 0 Å². The summed E-state index contributed by atoms with van der Waals surface area (Å²) in [6, 6.07) is 8.35. The van der Waals surface area contributed by atoms with Crippen molar-refractivity contribution in [1.82, 2.24) is 0 Å². The second kappa shape index (κ2) is 4.83. The molecule has 0 radical (unpaired) electrons. The van der Waals surface area contributed by atoms with Crippen LogP contribution >= 0.6 is 31.9 Å². The maximum atomic E-state index is 3.80. The number of benzene rings is 1. The summed E-state index contributed by atoms with van der Waals surface area (Å²) in [5.74, 6) is 0. The Balaban J connectivity index is 2.57. The Morgan fingerprint density at radius 1 is 1.42 bits per heavy atom. The smallest absolute Gasteiger partial charge is 0.0177 e. The number of hydrogen-bond acceptors (Lipinski definition) is 0. The van der Waals surface area contributed by atoms with Crippen LogP contribution in [-0.2, 0) is 6.42 Å². The maximum absolute atomic E-state index is 3.80. The first-order chi connectivity index (χ1) is 5.68. The van der Waals surface area contributed by atoms with Gasteiger partial charge in [0.25, 0.3) is 0 Å². The molecule has 0 atom stereocenters. The molecule has 0 bridgehead atoms. The van der Waals surface area contributed by atoms with E-state index in [0.717, 1.165) is 21.8 Å². The molecular formula is C10H10Br2. The minimum atomic E-state index is 0.996. The lowest BCUT2D eigenvalue weighted by Crippen LogP contribution is -1.83. The van der Waals surface area contributed by atoms with E-state index in [1.807, 2.05) is 6.07 Å². The SMILES string of the molecule is C=C(Br)CCc1cccc(Br)c1. The molecule has 0 aliphatic carbocycles. The molecule has 0 spiro atoms. The Hall–Kier alpha value is -0.0800. The predicted octanol–water partition coefficient (Wildman–Crippen LogP) is 4.29. The Labute approximate surface area is 89.9 Å². The number of hydrogen-bond donors (Lipinski definition) is 0. The van der Waals surface area contributed by atoms with Crippen LogP contribution in [0.15, 0.2) is 39.8 Å². The zero-order valence-electron chi connectivity index (χ0n) is 6.69. The van der Waals surface area contributed by atoms with Gasteiger partial charge in [0.15, 0.2) is 0 Å². The minimum Gasteiger partial charge on any atom is -0.0888 e. The molecule has 0 aliphatic heterocycles. The Kier molecular flexibility index (Phi) is 4.02. The summed E-state index contributed by atoms with van der Waals surface area (Å²) in [6.07, 6.45) is 2.04. The summed E-state index contributed by atoms with van der Waals surface area (Å²) in [6.45, 7) is 3.80. The Morgan fingerprint density at radius 2 is 2.17 bits per heavy atom. The van der Waals surface area contributed by atoms with Gasteiger partial charge in [-0.15, -0.1) is 0 Å². The second-order valence-electron chi connectivity index (χ2n) is 2.65. The first-order valence-electron chi connectivity index (χ1n) is 3.76. The van der Waals surface area contributed by atoms with Crippen molar-refractivity contribution in [1.29, 1.82) is 0 Å². The van der Waals surface area contributed by atoms with E-state index in [1.165, 1.54) is 5.56 Å². The lowest BCUT2D eigenvalue weighted by atomic mass is 10.1. The van der Waals surface area contributed by atoms with Crippen molar-refractivity contribution in [2.45, 2.75) is 12.8 Å². The highest BCUT2D eigenvalue weighted by Gasteiger charge is 1.94. The summed E-state index contributed by atoms with van der Waals surface area (Å²) in [5.41, 5.74) is 1.34. The van der Waals surface area contributed by atoms with E-state index >= 15 is 0 Å². The van der Waals surface area contributed by atoms with Crippen molar-refractivity contribution < 1.29 is 0 Å². The van der Waals surface area contributed by atoms with Crippen molar-refractivity contribution in [2.75, 3.05) is 0 Å². The summed E-state index contributed by atoms with van der Waals surface area (Å²) < 4.78 is 2.20. The van der Waals surface area contributed by atoms with E-state index in [9.17, 15) is 0 Å². The van der Waals surface area contributed by atoms with E-state index in [-0.39, 0.29) is 0 Å². The van der Waals surface area contributed by atoms with E-state index in [4.69, 9.17) is 0 Å². The van der Waals surface area contributed by atoms with Crippen LogP contribution in [0.25, 0.3) is 0 Å². The highest BCUT2D eigenvalue weighted by atomic mass is 79.9. The van der Waals surface area contributed by atoms with Gasteiger partial charge in [-0.1, -0.05) is 50.6 Å². The zero-order chi connectivity index (χ0) is 8.97. The van der Waals surface area contributed by atoms with E-state index in [1.54, 1.807) is 0 Å². The van der Waals surface area contributed by atoms with Crippen molar-refractivity contribution in [3.05, 3.63) is 45.4 Å². The standard InChI is InChI=1S/C10H10Br2/c1-8(11)5-6-9-3-2-4-10(12)7-9/h2-4,7H,1,5-6H2. The lowest BCUT2D eigenvalue weighted by molar-refractivity contribution is 0.994. The summed E-state index contributed by atoms with van der Waals surface area (Å²) in [7, 11) is 0. The molecule has 0 N–H and O–H groups in total. The molecule has 0 saturated carbocycles. The van der Waals surface area contributed by atoms with Gasteiger partial charge in [0, 0.05) is 4.47 Å². The third-order valence-corrected chi connectivity index (χ3v) is 2.46. The zero-order valence-corrected chi connectivity index (χ0v) is 9.86. The van der Waals surface area contributed by atoms with Gasteiger partial charge in [-0.05, 0) is 35.0 Å². The molecular weight excluding hydrogens is 280 g/mol. The third kappa shape index (κ3) is 3.55. The van der Waals surface area contributed by atoms with E-state index < -0.39 is 0 Å². The minimum absolute atomic E-state index is 0.996. The van der Waals surface area contributed by atoms with Crippen molar-refractivity contribution in [3.8, 4) is 0 Å². The molecule has 1 aromatic carbocycles. The van der Waals surface area contributed by atoms with Crippen LogP contribution in [0.1, 0.15) is 12.0 Å². The molecule has 0 fully saturated rings. The maximum Gasteiger partial charge on any atom is 0.0177 e. The highest BCUT2D eigenvalue weighted by Crippen LogP contribution is 2.16. The topological polar surface area (TPSA) is 0 Å².